The predicted molar refractivity (Wildman–Crippen MR) is 149 cm³/mol. The Balaban J connectivity index is 1.24. The Morgan fingerprint density at radius 2 is 1.85 bits per heavy atom. The molecule has 4 saturated carbocycles. The maximum Gasteiger partial charge on any atom is 0.408 e. The molecule has 2 atom stereocenters. The number of hydrogen-bond donors (Lipinski definition) is 1. The van der Waals surface area contributed by atoms with Crippen LogP contribution in [0.15, 0.2) is 18.2 Å². The van der Waals surface area contributed by atoms with Crippen molar-refractivity contribution in [2.45, 2.75) is 77.8 Å². The van der Waals surface area contributed by atoms with Crippen molar-refractivity contribution in [3.8, 4) is 0 Å². The number of nitrogens with zero attached hydrogens (tertiary/aromatic N) is 5. The molecule has 0 radical (unpaired) electrons. The number of amides is 1. The van der Waals surface area contributed by atoms with Crippen molar-refractivity contribution >= 4 is 40.6 Å². The number of carbonyl (C=O) groups is 1. The molecule has 2 unspecified atom stereocenters. The first-order valence-electron chi connectivity index (χ1n) is 13.6. The maximum atomic E-state index is 14.4. The minimum Gasteiger partial charge on any atom is -0.358 e. The Morgan fingerprint density at radius 3 is 2.48 bits per heavy atom. The Morgan fingerprint density at radius 1 is 1.15 bits per heavy atom. The van der Waals surface area contributed by atoms with Crippen LogP contribution >= 0.6 is 23.2 Å². The molecular formula is C28H31Cl2FN6O3. The highest BCUT2D eigenvalue weighted by Crippen LogP contribution is 2.65. The Labute approximate surface area is 241 Å². The van der Waals surface area contributed by atoms with Crippen LogP contribution in [-0.2, 0) is 16.9 Å². The topological polar surface area (TPSA) is 108 Å². The molecule has 1 aromatic carbocycles. The summed E-state index contributed by atoms with van der Waals surface area (Å²) in [5.74, 6) is 0.0779. The second-order valence-corrected chi connectivity index (χ2v) is 13.0. The van der Waals surface area contributed by atoms with E-state index in [4.69, 9.17) is 23.2 Å². The third-order valence-corrected chi connectivity index (χ3v) is 10.1. The van der Waals surface area contributed by atoms with Gasteiger partial charge in [-0.1, -0.05) is 29.3 Å². The third kappa shape index (κ3) is 4.40. The number of rotatable bonds is 7. The number of aromatic nitrogens is 4. The monoisotopic (exact) mass is 588 g/mol. The van der Waals surface area contributed by atoms with Crippen LogP contribution in [0.1, 0.15) is 67.6 Å². The highest BCUT2D eigenvalue weighted by molar-refractivity contribution is 6.33. The van der Waals surface area contributed by atoms with Crippen molar-refractivity contribution in [1.29, 1.82) is 0 Å². The van der Waals surface area contributed by atoms with Gasteiger partial charge >= 0.3 is 5.82 Å². The lowest BCUT2D eigenvalue weighted by Gasteiger charge is -2.61. The van der Waals surface area contributed by atoms with Crippen LogP contribution in [0.4, 0.5) is 15.9 Å². The van der Waals surface area contributed by atoms with Crippen molar-refractivity contribution in [3.63, 3.8) is 0 Å². The van der Waals surface area contributed by atoms with E-state index in [9.17, 15) is 19.3 Å². The number of nitro groups is 1. The maximum absolute atomic E-state index is 14.4. The van der Waals surface area contributed by atoms with Crippen LogP contribution in [0.25, 0.3) is 0 Å². The molecule has 12 heteroatoms. The molecule has 0 saturated heterocycles. The predicted octanol–water partition coefficient (Wildman–Crippen LogP) is 6.73. The van der Waals surface area contributed by atoms with E-state index in [-0.39, 0.29) is 34.2 Å². The van der Waals surface area contributed by atoms with Crippen molar-refractivity contribution in [2.24, 2.45) is 17.3 Å². The molecule has 4 aliphatic carbocycles. The van der Waals surface area contributed by atoms with E-state index in [1.807, 2.05) is 18.5 Å². The van der Waals surface area contributed by atoms with Crippen LogP contribution in [-0.4, -0.2) is 30.4 Å². The molecule has 1 amide bonds. The van der Waals surface area contributed by atoms with Gasteiger partial charge in [-0.3, -0.25) is 9.48 Å². The zero-order chi connectivity index (χ0) is 28.6. The average molecular weight is 589 g/mol. The smallest absolute Gasteiger partial charge is 0.358 e. The Hall–Kier alpha value is -2.98. The van der Waals surface area contributed by atoms with Crippen LogP contribution < -0.4 is 5.32 Å². The summed E-state index contributed by atoms with van der Waals surface area (Å²) in [6.07, 6.45) is 5.90. The van der Waals surface area contributed by atoms with Crippen molar-refractivity contribution in [2.75, 3.05) is 5.32 Å². The van der Waals surface area contributed by atoms with Gasteiger partial charge in [0.15, 0.2) is 5.02 Å². The van der Waals surface area contributed by atoms with E-state index < -0.39 is 10.7 Å². The van der Waals surface area contributed by atoms with E-state index >= 15 is 0 Å². The van der Waals surface area contributed by atoms with Crippen molar-refractivity contribution in [1.82, 2.24) is 19.6 Å². The van der Waals surface area contributed by atoms with E-state index in [2.05, 4.69) is 15.5 Å². The van der Waals surface area contributed by atoms with Gasteiger partial charge in [0.25, 0.3) is 0 Å². The number of benzene rings is 1. The lowest BCUT2D eigenvalue weighted by Crippen LogP contribution is -2.57. The molecule has 0 aliphatic heterocycles. The highest BCUT2D eigenvalue weighted by atomic mass is 35.5. The minimum absolute atomic E-state index is 0.0898. The first-order chi connectivity index (χ1) is 18.9. The lowest BCUT2D eigenvalue weighted by atomic mass is 9.46. The van der Waals surface area contributed by atoms with Gasteiger partial charge in [-0.15, -0.1) is 0 Å². The number of nitrogens with one attached hydrogen (secondary N) is 1. The second kappa shape index (κ2) is 9.55. The molecule has 3 aromatic rings. The van der Waals surface area contributed by atoms with Gasteiger partial charge < -0.3 is 15.4 Å². The summed E-state index contributed by atoms with van der Waals surface area (Å²) in [6.45, 7) is 5.61. The summed E-state index contributed by atoms with van der Waals surface area (Å²) in [4.78, 5) is 24.6. The summed E-state index contributed by atoms with van der Waals surface area (Å²) in [5.41, 5.74) is 2.37. The van der Waals surface area contributed by atoms with Gasteiger partial charge in [0.05, 0.1) is 40.0 Å². The molecule has 0 spiro atoms. The van der Waals surface area contributed by atoms with Crippen molar-refractivity contribution < 1.29 is 14.1 Å². The number of halogens is 3. The molecule has 1 N–H and O–H groups in total. The fourth-order valence-electron chi connectivity index (χ4n) is 8.29. The van der Waals surface area contributed by atoms with Gasteiger partial charge in [-0.25, -0.2) is 4.39 Å². The molecular weight excluding hydrogens is 558 g/mol. The second-order valence-electron chi connectivity index (χ2n) is 12.2. The molecule has 40 heavy (non-hydrogen) atoms. The molecule has 7 rings (SSSR count). The number of carbonyl (C=O) groups excluding carboxylic acids is 1. The van der Waals surface area contributed by atoms with Gasteiger partial charge in [0.1, 0.15) is 5.82 Å². The fraction of sp³-hybridized carbons (Fsp3) is 0.536. The molecule has 4 aliphatic rings. The summed E-state index contributed by atoms with van der Waals surface area (Å²) in [5, 5.41) is 24.0. The van der Waals surface area contributed by atoms with Crippen LogP contribution in [0, 0.1) is 54.0 Å². The minimum atomic E-state index is -0.527. The molecule has 4 bridgehead atoms. The standard InChI is InChI=1S/C28H31Cl2FN6O3/c1-15-25(17(3)35(33-15)13-20-21(29)5-4-6-22(20)31)32-23(38)12-27-8-18-7-19(9-27)11-28(10-18,14-27)36-16(2)24(30)26(34-36)37(39)40/h4-6,18-19H,7-14H2,1-3H3,(H,32,38). The third-order valence-electron chi connectivity index (χ3n) is 9.35. The normalized spacial score (nSPS) is 26.9. The van der Waals surface area contributed by atoms with E-state index in [1.165, 1.54) is 6.07 Å². The summed E-state index contributed by atoms with van der Waals surface area (Å²) >= 11 is 12.6. The summed E-state index contributed by atoms with van der Waals surface area (Å²) < 4.78 is 17.9. The molecule has 2 heterocycles. The van der Waals surface area contributed by atoms with Crippen molar-refractivity contribution in [3.05, 3.63) is 66.8 Å². The van der Waals surface area contributed by atoms with Gasteiger partial charge in [-0.2, -0.15) is 9.78 Å². The molecule has 2 aromatic heterocycles. The average Bonchev–Trinajstić information content (AvgIpc) is 3.31. The van der Waals surface area contributed by atoms with E-state index in [1.54, 1.807) is 23.7 Å². The Kier molecular flexibility index (Phi) is 6.49. The molecule has 4 fully saturated rings. The molecule has 212 valence electrons. The lowest BCUT2D eigenvalue weighted by molar-refractivity contribution is -0.389. The quantitative estimate of drug-likeness (QED) is 0.243. The summed E-state index contributed by atoms with van der Waals surface area (Å²) in [7, 11) is 0. The highest BCUT2D eigenvalue weighted by Gasteiger charge is 2.61. The summed E-state index contributed by atoms with van der Waals surface area (Å²) in [6, 6.07) is 4.57. The SMILES string of the molecule is Cc1nn(Cc2c(F)cccc2Cl)c(C)c1NC(=O)CC12CC3CC(C1)CC(n1nc([N+](=O)[O-])c(Cl)c1C)(C3)C2. The number of hydrogen-bond acceptors (Lipinski definition) is 5. The number of anilines is 1. The van der Waals surface area contributed by atoms with Gasteiger partial charge in [-0.05, 0) is 93.6 Å². The largest absolute Gasteiger partial charge is 0.408 e. The zero-order valence-corrected chi connectivity index (χ0v) is 24.2. The van der Waals surface area contributed by atoms with Crippen LogP contribution in [0.2, 0.25) is 10.0 Å². The first-order valence-corrected chi connectivity index (χ1v) is 14.3. The van der Waals surface area contributed by atoms with E-state index in [0.717, 1.165) is 44.2 Å². The fourth-order valence-corrected chi connectivity index (χ4v) is 8.70. The van der Waals surface area contributed by atoms with Crippen LogP contribution in [0.3, 0.4) is 0 Å². The zero-order valence-electron chi connectivity index (χ0n) is 22.6. The van der Waals surface area contributed by atoms with Crippen LogP contribution in [0.5, 0.6) is 0 Å². The van der Waals surface area contributed by atoms with E-state index in [0.29, 0.717) is 45.9 Å². The first kappa shape index (κ1) is 27.2. The van der Waals surface area contributed by atoms with Gasteiger partial charge in [0.2, 0.25) is 5.91 Å². The van der Waals surface area contributed by atoms with Gasteiger partial charge in [0, 0.05) is 17.0 Å². The number of aryl methyl sites for hydroxylation is 1. The Bertz CT molecular complexity index is 1510. The molecule has 9 nitrogen and oxygen atoms in total.